The fourth-order valence-corrected chi connectivity index (χ4v) is 2.68. The Hall–Kier alpha value is -0.610. The first-order valence-electron chi connectivity index (χ1n) is 5.97. The molecule has 2 atom stereocenters. The van der Waals surface area contributed by atoms with E-state index >= 15 is 0 Å². The summed E-state index contributed by atoms with van der Waals surface area (Å²) in [5, 5.41) is 0. The Balaban J connectivity index is 2.77. The summed E-state index contributed by atoms with van der Waals surface area (Å²) < 4.78 is 0. The van der Waals surface area contributed by atoms with E-state index in [0.717, 1.165) is 13.1 Å². The van der Waals surface area contributed by atoms with Crippen molar-refractivity contribution in [2.24, 2.45) is 11.1 Å². The maximum Gasteiger partial charge on any atom is 0.236 e. The molecule has 0 spiro atoms. The Morgan fingerprint density at radius 1 is 1.31 bits per heavy atom. The number of nitrogens with zero attached hydrogens (tertiary/aromatic N) is 2. The molecule has 2 N–H and O–H groups in total. The summed E-state index contributed by atoms with van der Waals surface area (Å²) in [5.74, 6) is 0.196. The third-order valence-corrected chi connectivity index (χ3v) is 3.27. The molecule has 1 aliphatic rings. The van der Waals surface area contributed by atoms with Crippen LogP contribution in [0.1, 0.15) is 27.7 Å². The highest BCUT2D eigenvalue weighted by atomic mass is 16.2. The SMILES string of the molecule is CC(N)C(N1CCN(C)C(=O)C1)C(C)(C)C. The van der Waals surface area contributed by atoms with Gasteiger partial charge in [0, 0.05) is 32.2 Å². The van der Waals surface area contributed by atoms with Gasteiger partial charge in [-0.1, -0.05) is 20.8 Å². The zero-order valence-corrected chi connectivity index (χ0v) is 11.2. The molecule has 2 unspecified atom stereocenters. The average molecular weight is 227 g/mol. The minimum Gasteiger partial charge on any atom is -0.343 e. The standard InChI is InChI=1S/C12H25N3O/c1-9(13)11(12(2,3)4)15-7-6-14(5)10(16)8-15/h9,11H,6-8,13H2,1-5H3. The van der Waals surface area contributed by atoms with E-state index in [-0.39, 0.29) is 23.4 Å². The van der Waals surface area contributed by atoms with Gasteiger partial charge in [0.15, 0.2) is 0 Å². The third kappa shape index (κ3) is 2.95. The molecule has 0 aliphatic carbocycles. The number of carbonyl (C=O) groups excluding carboxylic acids is 1. The van der Waals surface area contributed by atoms with Gasteiger partial charge in [-0.05, 0) is 12.3 Å². The molecule has 0 aromatic rings. The minimum atomic E-state index is 0.0798. The predicted octanol–water partition coefficient (Wildman–Crippen LogP) is 0.522. The predicted molar refractivity (Wildman–Crippen MR) is 66.1 cm³/mol. The van der Waals surface area contributed by atoms with E-state index < -0.39 is 0 Å². The summed E-state index contributed by atoms with van der Waals surface area (Å²) in [4.78, 5) is 15.7. The van der Waals surface area contributed by atoms with Gasteiger partial charge in [-0.3, -0.25) is 9.69 Å². The molecule has 1 fully saturated rings. The van der Waals surface area contributed by atoms with Gasteiger partial charge < -0.3 is 10.6 Å². The molecular weight excluding hydrogens is 202 g/mol. The summed E-state index contributed by atoms with van der Waals surface area (Å²) in [7, 11) is 1.86. The van der Waals surface area contributed by atoms with Crippen LogP contribution in [0.3, 0.4) is 0 Å². The highest BCUT2D eigenvalue weighted by Gasteiger charge is 2.36. The molecule has 4 nitrogen and oxygen atoms in total. The second-order valence-electron chi connectivity index (χ2n) is 5.96. The zero-order chi connectivity index (χ0) is 12.5. The van der Waals surface area contributed by atoms with Crippen LogP contribution >= 0.6 is 0 Å². The fraction of sp³-hybridized carbons (Fsp3) is 0.917. The largest absolute Gasteiger partial charge is 0.343 e. The van der Waals surface area contributed by atoms with Crippen LogP contribution in [-0.4, -0.2) is 54.5 Å². The summed E-state index contributed by atoms with van der Waals surface area (Å²) in [5.41, 5.74) is 6.17. The van der Waals surface area contributed by atoms with Gasteiger partial charge in [0.25, 0.3) is 0 Å². The van der Waals surface area contributed by atoms with Crippen molar-refractivity contribution in [2.45, 2.75) is 39.8 Å². The van der Waals surface area contributed by atoms with Gasteiger partial charge in [-0.2, -0.15) is 0 Å². The van der Waals surface area contributed by atoms with Gasteiger partial charge in [-0.15, -0.1) is 0 Å². The van der Waals surface area contributed by atoms with Crippen molar-refractivity contribution in [2.75, 3.05) is 26.7 Å². The van der Waals surface area contributed by atoms with Gasteiger partial charge in [0.1, 0.15) is 0 Å². The molecule has 4 heteroatoms. The van der Waals surface area contributed by atoms with Crippen LogP contribution in [0, 0.1) is 5.41 Å². The first-order valence-corrected chi connectivity index (χ1v) is 5.97. The molecule has 1 saturated heterocycles. The van der Waals surface area contributed by atoms with E-state index in [1.54, 1.807) is 4.90 Å². The number of carbonyl (C=O) groups is 1. The Bertz CT molecular complexity index is 257. The van der Waals surface area contributed by atoms with Crippen molar-refractivity contribution in [1.82, 2.24) is 9.80 Å². The highest BCUT2D eigenvalue weighted by Crippen LogP contribution is 2.27. The molecule has 1 amide bonds. The normalized spacial score (nSPS) is 23.4. The number of nitrogens with two attached hydrogens (primary N) is 1. The summed E-state index contributed by atoms with van der Waals surface area (Å²) >= 11 is 0. The van der Waals surface area contributed by atoms with E-state index in [2.05, 4.69) is 25.7 Å². The lowest BCUT2D eigenvalue weighted by Gasteiger charge is -2.45. The van der Waals surface area contributed by atoms with Gasteiger partial charge >= 0.3 is 0 Å². The van der Waals surface area contributed by atoms with Crippen LogP contribution in [0.15, 0.2) is 0 Å². The fourth-order valence-electron chi connectivity index (χ4n) is 2.68. The minimum absolute atomic E-state index is 0.0798. The quantitative estimate of drug-likeness (QED) is 0.748. The van der Waals surface area contributed by atoms with Gasteiger partial charge in [-0.25, -0.2) is 0 Å². The molecule has 1 heterocycles. The van der Waals surface area contributed by atoms with Crippen LogP contribution in [0.25, 0.3) is 0 Å². The van der Waals surface area contributed by atoms with E-state index in [1.165, 1.54) is 0 Å². The van der Waals surface area contributed by atoms with Crippen molar-refractivity contribution < 1.29 is 4.79 Å². The maximum atomic E-state index is 11.7. The molecule has 1 rings (SSSR count). The number of piperazine rings is 1. The lowest BCUT2D eigenvalue weighted by atomic mass is 9.81. The number of rotatable bonds is 2. The monoisotopic (exact) mass is 227 g/mol. The summed E-state index contributed by atoms with van der Waals surface area (Å²) in [6, 6.07) is 0.335. The van der Waals surface area contributed by atoms with E-state index in [1.807, 2.05) is 14.0 Å². The Kier molecular flexibility index (Phi) is 3.97. The third-order valence-electron chi connectivity index (χ3n) is 3.27. The summed E-state index contributed by atoms with van der Waals surface area (Å²) in [6.07, 6.45) is 0. The molecule has 1 aliphatic heterocycles. The van der Waals surface area contributed by atoms with Crippen molar-refractivity contribution in [1.29, 1.82) is 0 Å². The lowest BCUT2D eigenvalue weighted by molar-refractivity contribution is -0.136. The summed E-state index contributed by atoms with van der Waals surface area (Å²) in [6.45, 7) is 10.8. The molecule has 0 saturated carbocycles. The van der Waals surface area contributed by atoms with Crippen molar-refractivity contribution in [3.63, 3.8) is 0 Å². The van der Waals surface area contributed by atoms with Crippen LogP contribution in [-0.2, 0) is 4.79 Å². The van der Waals surface area contributed by atoms with E-state index in [9.17, 15) is 4.79 Å². The van der Waals surface area contributed by atoms with Crippen LogP contribution in [0.2, 0.25) is 0 Å². The van der Waals surface area contributed by atoms with Gasteiger partial charge in [0.2, 0.25) is 5.91 Å². The van der Waals surface area contributed by atoms with Crippen molar-refractivity contribution in [3.05, 3.63) is 0 Å². The second kappa shape index (κ2) is 4.72. The first kappa shape index (κ1) is 13.5. The number of hydrogen-bond donors (Lipinski definition) is 1. The van der Waals surface area contributed by atoms with Crippen molar-refractivity contribution in [3.8, 4) is 0 Å². The Morgan fingerprint density at radius 3 is 2.25 bits per heavy atom. The lowest BCUT2D eigenvalue weighted by Crippen LogP contribution is -2.60. The van der Waals surface area contributed by atoms with Crippen LogP contribution < -0.4 is 5.73 Å². The van der Waals surface area contributed by atoms with Crippen LogP contribution in [0.5, 0.6) is 0 Å². The van der Waals surface area contributed by atoms with E-state index in [4.69, 9.17) is 5.73 Å². The molecule has 0 bridgehead atoms. The van der Waals surface area contributed by atoms with Gasteiger partial charge in [0.05, 0.1) is 6.54 Å². The van der Waals surface area contributed by atoms with Crippen molar-refractivity contribution >= 4 is 5.91 Å². The molecule has 0 aromatic heterocycles. The maximum absolute atomic E-state index is 11.7. The number of amides is 1. The van der Waals surface area contributed by atoms with Crippen LogP contribution in [0.4, 0.5) is 0 Å². The second-order valence-corrected chi connectivity index (χ2v) is 5.96. The zero-order valence-electron chi connectivity index (χ0n) is 11.2. The number of hydrogen-bond acceptors (Lipinski definition) is 3. The Morgan fingerprint density at radius 2 is 1.88 bits per heavy atom. The molecule has 0 radical (unpaired) electrons. The average Bonchev–Trinajstić information content (AvgIpc) is 2.08. The topological polar surface area (TPSA) is 49.6 Å². The first-order chi connectivity index (χ1) is 7.23. The number of likely N-dealkylation sites (N-methyl/N-ethyl adjacent to an activating group) is 1. The highest BCUT2D eigenvalue weighted by molar-refractivity contribution is 5.78. The smallest absolute Gasteiger partial charge is 0.236 e. The van der Waals surface area contributed by atoms with E-state index in [0.29, 0.717) is 6.54 Å². The molecule has 0 aromatic carbocycles. The molecule has 16 heavy (non-hydrogen) atoms. The molecule has 94 valence electrons. The Labute approximate surface area is 98.8 Å². The molecular formula is C12H25N3O.